The van der Waals surface area contributed by atoms with Crippen LogP contribution in [0.1, 0.15) is 18.2 Å². The summed E-state index contributed by atoms with van der Waals surface area (Å²) >= 11 is 9.05. The number of aromatic amines is 1. The van der Waals surface area contributed by atoms with Gasteiger partial charge in [0, 0.05) is 23.1 Å². The highest BCUT2D eigenvalue weighted by Crippen LogP contribution is 2.31. The van der Waals surface area contributed by atoms with Gasteiger partial charge in [-0.15, -0.1) is 11.3 Å². The third-order valence-corrected chi connectivity index (χ3v) is 6.10. The summed E-state index contributed by atoms with van der Waals surface area (Å²) in [5.74, 6) is 0.595. The fourth-order valence-corrected chi connectivity index (χ4v) is 4.77. The fraction of sp³-hybridized carbons (Fsp3) is 0.150. The van der Waals surface area contributed by atoms with Crippen LogP contribution in [0.3, 0.4) is 0 Å². The Morgan fingerprint density at radius 3 is 2.89 bits per heavy atom. The summed E-state index contributed by atoms with van der Waals surface area (Å²) in [7, 11) is 0. The number of carbonyl (C=O) groups is 1. The number of rotatable bonds is 5. The van der Waals surface area contributed by atoms with Crippen molar-refractivity contribution in [3.63, 3.8) is 0 Å². The molecule has 0 radical (unpaired) electrons. The van der Waals surface area contributed by atoms with Crippen LogP contribution in [-0.2, 0) is 10.5 Å². The predicted molar refractivity (Wildman–Crippen MR) is 117 cm³/mol. The smallest absolute Gasteiger partial charge is 0.230 e. The summed E-state index contributed by atoms with van der Waals surface area (Å²) < 4.78 is 0. The molecule has 0 aliphatic carbocycles. The molecular weight excluding hydrogens is 412 g/mol. The number of aryl methyl sites for hydroxylation is 1. The number of anilines is 2. The van der Waals surface area contributed by atoms with Crippen molar-refractivity contribution >= 4 is 62.5 Å². The zero-order valence-corrected chi connectivity index (χ0v) is 17.7. The molecule has 142 valence electrons. The van der Waals surface area contributed by atoms with E-state index in [4.69, 9.17) is 11.6 Å². The van der Waals surface area contributed by atoms with Crippen LogP contribution in [0.25, 0.3) is 11.0 Å². The summed E-state index contributed by atoms with van der Waals surface area (Å²) in [6.07, 6.45) is 0. The largest absolute Gasteiger partial charge is 0.333 e. The number of hydrogen-bond acceptors (Lipinski definition) is 5. The molecule has 0 unspecified atom stereocenters. The zero-order chi connectivity index (χ0) is 19.7. The van der Waals surface area contributed by atoms with Crippen molar-refractivity contribution in [1.29, 1.82) is 0 Å². The lowest BCUT2D eigenvalue weighted by molar-refractivity contribution is -0.115. The van der Waals surface area contributed by atoms with Crippen LogP contribution < -0.4 is 4.90 Å². The van der Waals surface area contributed by atoms with Crippen molar-refractivity contribution in [2.24, 2.45) is 0 Å². The molecular formula is C20H17ClN4OS2. The zero-order valence-electron chi connectivity index (χ0n) is 15.3. The number of thiazole rings is 1. The second kappa shape index (κ2) is 7.95. The van der Waals surface area contributed by atoms with Crippen molar-refractivity contribution < 1.29 is 4.79 Å². The van der Waals surface area contributed by atoms with E-state index in [1.807, 2.05) is 54.8 Å². The van der Waals surface area contributed by atoms with Crippen LogP contribution >= 0.6 is 34.7 Å². The second-order valence-corrected chi connectivity index (χ2v) is 8.54. The number of hydrogen-bond donors (Lipinski definition) is 1. The highest BCUT2D eigenvalue weighted by atomic mass is 35.5. The van der Waals surface area contributed by atoms with Crippen molar-refractivity contribution in [3.8, 4) is 0 Å². The first-order valence-electron chi connectivity index (χ1n) is 8.59. The average Bonchev–Trinajstić information content (AvgIpc) is 3.26. The van der Waals surface area contributed by atoms with Crippen LogP contribution in [0.15, 0.2) is 53.0 Å². The van der Waals surface area contributed by atoms with Gasteiger partial charge < -0.3 is 4.98 Å². The highest BCUT2D eigenvalue weighted by molar-refractivity contribution is 7.98. The molecule has 2 aromatic heterocycles. The van der Waals surface area contributed by atoms with E-state index in [9.17, 15) is 4.79 Å². The molecule has 4 aromatic rings. The number of aromatic nitrogens is 3. The maximum atomic E-state index is 12.2. The van der Waals surface area contributed by atoms with E-state index in [1.165, 1.54) is 11.3 Å². The van der Waals surface area contributed by atoms with Crippen molar-refractivity contribution in [2.75, 3.05) is 4.90 Å². The Bertz CT molecular complexity index is 1150. The van der Waals surface area contributed by atoms with Gasteiger partial charge in [0.25, 0.3) is 0 Å². The fourth-order valence-electron chi connectivity index (χ4n) is 2.83. The molecule has 0 aliphatic rings. The molecule has 0 atom stereocenters. The molecule has 4 rings (SSSR count). The second-order valence-electron chi connectivity index (χ2n) is 6.31. The van der Waals surface area contributed by atoms with Gasteiger partial charge in [0.15, 0.2) is 10.3 Å². The first-order valence-corrected chi connectivity index (χ1v) is 10.8. The van der Waals surface area contributed by atoms with Gasteiger partial charge >= 0.3 is 0 Å². The monoisotopic (exact) mass is 428 g/mol. The number of fused-ring (bicyclic) bond motifs is 1. The molecule has 0 spiro atoms. The summed E-state index contributed by atoms with van der Waals surface area (Å²) in [5, 5.41) is 4.14. The number of amides is 1. The third-order valence-electron chi connectivity index (χ3n) is 4.08. The third kappa shape index (κ3) is 4.06. The van der Waals surface area contributed by atoms with Gasteiger partial charge in [0.2, 0.25) is 5.91 Å². The van der Waals surface area contributed by atoms with E-state index >= 15 is 0 Å². The first-order chi connectivity index (χ1) is 13.5. The van der Waals surface area contributed by atoms with Gasteiger partial charge in [-0.2, -0.15) is 0 Å². The molecule has 1 amide bonds. The summed E-state index contributed by atoms with van der Waals surface area (Å²) in [6, 6.07) is 13.4. The molecule has 28 heavy (non-hydrogen) atoms. The topological polar surface area (TPSA) is 61.9 Å². The van der Waals surface area contributed by atoms with Gasteiger partial charge in [-0.05, 0) is 42.8 Å². The molecule has 5 nitrogen and oxygen atoms in total. The Kier molecular flexibility index (Phi) is 5.39. The van der Waals surface area contributed by atoms with Gasteiger partial charge in [-0.3, -0.25) is 9.69 Å². The van der Waals surface area contributed by atoms with Gasteiger partial charge in [0.05, 0.1) is 22.4 Å². The summed E-state index contributed by atoms with van der Waals surface area (Å²) in [5.41, 5.74) is 4.63. The lowest BCUT2D eigenvalue weighted by Gasteiger charge is -2.18. The van der Waals surface area contributed by atoms with E-state index in [0.717, 1.165) is 33.1 Å². The minimum absolute atomic E-state index is 0.0617. The van der Waals surface area contributed by atoms with Gasteiger partial charge in [-0.1, -0.05) is 35.5 Å². The predicted octanol–water partition coefficient (Wildman–Crippen LogP) is 5.96. The lowest BCUT2D eigenvalue weighted by Crippen LogP contribution is -2.22. The molecule has 0 saturated heterocycles. The van der Waals surface area contributed by atoms with E-state index in [0.29, 0.717) is 15.9 Å². The van der Waals surface area contributed by atoms with E-state index in [2.05, 4.69) is 15.0 Å². The highest BCUT2D eigenvalue weighted by Gasteiger charge is 2.18. The number of H-pyrrole nitrogens is 1. The Labute approximate surface area is 175 Å². The minimum atomic E-state index is -0.0617. The average molecular weight is 429 g/mol. The van der Waals surface area contributed by atoms with Crippen LogP contribution in [0.5, 0.6) is 0 Å². The number of thioether (sulfide) groups is 1. The molecule has 0 aliphatic heterocycles. The van der Waals surface area contributed by atoms with E-state index < -0.39 is 0 Å². The van der Waals surface area contributed by atoms with Crippen LogP contribution in [0.2, 0.25) is 5.02 Å². The Balaban J connectivity index is 1.51. The van der Waals surface area contributed by atoms with Gasteiger partial charge in [-0.25, -0.2) is 9.97 Å². The standard InChI is InChI=1S/C20H17ClN4OS2/c1-12-4-3-5-16(8-12)25(13(2)26)20-22-15(11-28-20)10-27-19-23-17-7-6-14(21)9-18(17)24-19/h3-9,11H,10H2,1-2H3,(H,23,24). The number of imidazole rings is 1. The maximum Gasteiger partial charge on any atom is 0.230 e. The summed E-state index contributed by atoms with van der Waals surface area (Å²) in [6.45, 7) is 3.56. The molecule has 0 bridgehead atoms. The Morgan fingerprint density at radius 2 is 2.11 bits per heavy atom. The van der Waals surface area contributed by atoms with E-state index in [-0.39, 0.29) is 5.91 Å². The number of nitrogens with one attached hydrogen (secondary N) is 1. The summed E-state index contributed by atoms with van der Waals surface area (Å²) in [4.78, 5) is 26.4. The molecule has 2 aromatic carbocycles. The van der Waals surface area contributed by atoms with Crippen LogP contribution in [0, 0.1) is 6.92 Å². The minimum Gasteiger partial charge on any atom is -0.333 e. The lowest BCUT2D eigenvalue weighted by atomic mass is 10.2. The maximum absolute atomic E-state index is 12.2. The number of halogens is 1. The van der Waals surface area contributed by atoms with Crippen molar-refractivity contribution in [3.05, 3.63) is 64.1 Å². The number of carbonyl (C=O) groups excluding carboxylic acids is 1. The van der Waals surface area contributed by atoms with Gasteiger partial charge in [0.1, 0.15) is 0 Å². The Morgan fingerprint density at radius 1 is 1.25 bits per heavy atom. The molecule has 0 saturated carbocycles. The molecule has 2 heterocycles. The SMILES string of the molecule is CC(=O)N(c1cccc(C)c1)c1nc(CSc2nc3ccc(Cl)cc3[nH]2)cs1. The Hall–Kier alpha value is -2.35. The van der Waals surface area contributed by atoms with Crippen LogP contribution in [0.4, 0.5) is 10.8 Å². The number of benzene rings is 2. The van der Waals surface area contributed by atoms with Crippen molar-refractivity contribution in [2.45, 2.75) is 24.8 Å². The van der Waals surface area contributed by atoms with Crippen LogP contribution in [-0.4, -0.2) is 20.9 Å². The molecule has 8 heteroatoms. The normalized spacial score (nSPS) is 11.1. The number of nitrogens with zero attached hydrogens (tertiary/aromatic N) is 3. The quantitative estimate of drug-likeness (QED) is 0.398. The first kappa shape index (κ1) is 19.0. The molecule has 0 fully saturated rings. The van der Waals surface area contributed by atoms with E-state index in [1.54, 1.807) is 23.6 Å². The molecule has 1 N–H and O–H groups in total. The van der Waals surface area contributed by atoms with Crippen molar-refractivity contribution in [1.82, 2.24) is 15.0 Å².